The number of hydrogen-bond acceptors (Lipinski definition) is 6. The molecular weight excluding hydrogens is 384 g/mol. The number of anilines is 2. The number of nitriles is 1. The van der Waals surface area contributed by atoms with E-state index in [2.05, 4.69) is 38.9 Å². The average Bonchev–Trinajstić information content (AvgIpc) is 3.35. The van der Waals surface area contributed by atoms with E-state index >= 15 is 0 Å². The van der Waals surface area contributed by atoms with Crippen molar-refractivity contribution in [1.29, 1.82) is 10.7 Å². The number of benzene rings is 1. The largest absolute Gasteiger partial charge is 0.370 e. The molecule has 1 saturated heterocycles. The zero-order chi connectivity index (χ0) is 21.8. The van der Waals surface area contributed by atoms with E-state index in [0.717, 1.165) is 41.0 Å². The van der Waals surface area contributed by atoms with Crippen molar-refractivity contribution in [2.75, 3.05) is 23.3 Å². The first kappa shape index (κ1) is 20.3. The van der Waals surface area contributed by atoms with Crippen molar-refractivity contribution in [3.63, 3.8) is 0 Å². The molecule has 0 unspecified atom stereocenters. The van der Waals surface area contributed by atoms with Crippen LogP contribution in [0.25, 0.3) is 11.1 Å². The minimum absolute atomic E-state index is 0.312. The number of allylic oxidation sites excluding steroid dienone is 1. The number of hydrogen-bond donors (Lipinski definition) is 2. The molecule has 0 spiro atoms. The molecule has 0 radical (unpaired) electrons. The minimum Gasteiger partial charge on any atom is -0.370 e. The molecule has 154 valence electrons. The smallest absolute Gasteiger partial charge is 0.140 e. The lowest BCUT2D eigenvalue weighted by Gasteiger charge is -2.18. The summed E-state index contributed by atoms with van der Waals surface area (Å²) in [6.45, 7) is 8.17. The molecule has 2 N–H and O–H groups in total. The lowest BCUT2D eigenvalue weighted by Crippen LogP contribution is -2.17. The van der Waals surface area contributed by atoms with E-state index < -0.39 is 0 Å². The van der Waals surface area contributed by atoms with Crippen LogP contribution < -0.4 is 10.2 Å². The van der Waals surface area contributed by atoms with E-state index in [1.54, 1.807) is 18.3 Å². The summed E-state index contributed by atoms with van der Waals surface area (Å²) in [5.74, 6) is 0. The van der Waals surface area contributed by atoms with Crippen LogP contribution in [0.1, 0.15) is 29.7 Å². The molecular formula is C25H24N6. The third-order valence-corrected chi connectivity index (χ3v) is 5.51. The summed E-state index contributed by atoms with van der Waals surface area (Å²) in [5, 5.41) is 20.7. The van der Waals surface area contributed by atoms with Gasteiger partial charge in [0, 0.05) is 30.4 Å². The number of aromatic nitrogens is 2. The van der Waals surface area contributed by atoms with Crippen molar-refractivity contribution < 1.29 is 0 Å². The first-order valence-electron chi connectivity index (χ1n) is 10.3. The molecule has 1 aliphatic rings. The quantitative estimate of drug-likeness (QED) is 0.565. The van der Waals surface area contributed by atoms with E-state index in [9.17, 15) is 0 Å². The molecule has 3 aromatic rings. The first-order chi connectivity index (χ1) is 15.0. The SMILES string of the molecule is C=C(Nc1ccc(C#N)nc1)C(=N)c1cc(-c2cncc(N3CCCC3)c2)ccc1C. The standard InChI is InChI=1S/C25H24N6/c1-17-5-6-19(20-11-23(16-28-14-20)31-9-3-4-10-31)12-24(17)25(27)18(2)30-22-8-7-21(13-26)29-15-22/h5-8,11-12,14-16,27,30H,2-4,9-10H2,1H3. The van der Waals surface area contributed by atoms with Gasteiger partial charge in [-0.1, -0.05) is 18.7 Å². The van der Waals surface area contributed by atoms with Gasteiger partial charge in [-0.25, -0.2) is 4.98 Å². The molecule has 6 nitrogen and oxygen atoms in total. The predicted octanol–water partition coefficient (Wildman–Crippen LogP) is 4.92. The van der Waals surface area contributed by atoms with Gasteiger partial charge in [-0.2, -0.15) is 5.26 Å². The Labute approximate surface area is 182 Å². The molecule has 1 aromatic carbocycles. The van der Waals surface area contributed by atoms with Crippen molar-refractivity contribution in [3.05, 3.63) is 84.1 Å². The van der Waals surface area contributed by atoms with E-state index in [4.69, 9.17) is 10.7 Å². The Morgan fingerprint density at radius 2 is 1.90 bits per heavy atom. The number of pyridine rings is 2. The highest BCUT2D eigenvalue weighted by atomic mass is 15.1. The van der Waals surface area contributed by atoms with Gasteiger partial charge < -0.3 is 10.2 Å². The van der Waals surface area contributed by atoms with Gasteiger partial charge in [-0.3, -0.25) is 10.4 Å². The summed E-state index contributed by atoms with van der Waals surface area (Å²) in [6, 6.07) is 13.7. The van der Waals surface area contributed by atoms with E-state index in [-0.39, 0.29) is 0 Å². The fourth-order valence-electron chi connectivity index (χ4n) is 3.74. The molecule has 6 heteroatoms. The average molecular weight is 409 g/mol. The van der Waals surface area contributed by atoms with Crippen LogP contribution in [-0.2, 0) is 0 Å². The third-order valence-electron chi connectivity index (χ3n) is 5.51. The molecule has 0 saturated carbocycles. The monoisotopic (exact) mass is 408 g/mol. The van der Waals surface area contributed by atoms with Gasteiger partial charge in [-0.15, -0.1) is 0 Å². The molecule has 4 rings (SSSR count). The Hall–Kier alpha value is -3.98. The Morgan fingerprint density at radius 3 is 2.61 bits per heavy atom. The van der Waals surface area contributed by atoms with Crippen LogP contribution in [0.3, 0.4) is 0 Å². The highest BCUT2D eigenvalue weighted by molar-refractivity contribution is 6.13. The van der Waals surface area contributed by atoms with Gasteiger partial charge in [0.2, 0.25) is 0 Å². The number of nitrogens with one attached hydrogen (secondary N) is 2. The molecule has 1 aliphatic heterocycles. The van der Waals surface area contributed by atoms with Crippen molar-refractivity contribution in [2.24, 2.45) is 0 Å². The highest BCUT2D eigenvalue weighted by Gasteiger charge is 2.15. The topological polar surface area (TPSA) is 88.7 Å². The first-order valence-corrected chi connectivity index (χ1v) is 10.3. The molecule has 3 heterocycles. The fraction of sp³-hybridized carbons (Fsp3) is 0.200. The van der Waals surface area contributed by atoms with Crippen LogP contribution in [-0.4, -0.2) is 28.8 Å². The maximum absolute atomic E-state index is 8.88. The van der Waals surface area contributed by atoms with Crippen LogP contribution in [0.2, 0.25) is 0 Å². The van der Waals surface area contributed by atoms with Gasteiger partial charge in [0.15, 0.2) is 0 Å². The van der Waals surface area contributed by atoms with Crippen molar-refractivity contribution >= 4 is 17.1 Å². The van der Waals surface area contributed by atoms with Gasteiger partial charge in [-0.05, 0) is 55.2 Å². The Kier molecular flexibility index (Phi) is 5.76. The van der Waals surface area contributed by atoms with Gasteiger partial charge in [0.1, 0.15) is 11.8 Å². The van der Waals surface area contributed by atoms with E-state index in [1.165, 1.54) is 12.8 Å². The summed E-state index contributed by atoms with van der Waals surface area (Å²) in [6.07, 6.45) is 7.80. The lowest BCUT2D eigenvalue weighted by atomic mass is 9.96. The van der Waals surface area contributed by atoms with Gasteiger partial charge in [0.05, 0.1) is 35.2 Å². The normalized spacial score (nSPS) is 13.0. The van der Waals surface area contributed by atoms with Crippen molar-refractivity contribution in [2.45, 2.75) is 19.8 Å². The zero-order valence-corrected chi connectivity index (χ0v) is 17.5. The molecule has 31 heavy (non-hydrogen) atoms. The predicted molar refractivity (Wildman–Crippen MR) is 124 cm³/mol. The van der Waals surface area contributed by atoms with Crippen LogP contribution >= 0.6 is 0 Å². The second-order valence-corrected chi connectivity index (χ2v) is 7.68. The molecule has 0 aliphatic carbocycles. The highest BCUT2D eigenvalue weighted by Crippen LogP contribution is 2.28. The second kappa shape index (κ2) is 8.80. The zero-order valence-electron chi connectivity index (χ0n) is 17.5. The summed E-state index contributed by atoms with van der Waals surface area (Å²) in [7, 11) is 0. The lowest BCUT2D eigenvalue weighted by molar-refractivity contribution is 0.949. The molecule has 0 bridgehead atoms. The van der Waals surface area contributed by atoms with E-state index in [0.29, 0.717) is 22.8 Å². The summed E-state index contributed by atoms with van der Waals surface area (Å²) in [5.41, 5.74) is 6.82. The molecule has 0 atom stereocenters. The second-order valence-electron chi connectivity index (χ2n) is 7.68. The molecule has 0 amide bonds. The van der Waals surface area contributed by atoms with Crippen molar-refractivity contribution in [1.82, 2.24) is 9.97 Å². The maximum atomic E-state index is 8.88. The Bertz CT molecular complexity index is 1170. The molecule has 1 fully saturated rings. The Balaban J connectivity index is 1.57. The fourth-order valence-corrected chi connectivity index (χ4v) is 3.74. The third kappa shape index (κ3) is 4.46. The minimum atomic E-state index is 0.312. The number of rotatable bonds is 6. The summed E-state index contributed by atoms with van der Waals surface area (Å²) < 4.78 is 0. The Morgan fingerprint density at radius 1 is 1.10 bits per heavy atom. The van der Waals surface area contributed by atoms with Crippen LogP contribution in [0.4, 0.5) is 11.4 Å². The van der Waals surface area contributed by atoms with Gasteiger partial charge >= 0.3 is 0 Å². The summed E-state index contributed by atoms with van der Waals surface area (Å²) >= 11 is 0. The van der Waals surface area contributed by atoms with Crippen molar-refractivity contribution in [3.8, 4) is 17.2 Å². The molecule has 2 aromatic heterocycles. The van der Waals surface area contributed by atoms with E-state index in [1.807, 2.05) is 37.5 Å². The number of aryl methyl sites for hydroxylation is 1. The number of nitrogens with zero attached hydrogens (tertiary/aromatic N) is 4. The van der Waals surface area contributed by atoms with Crippen LogP contribution in [0.5, 0.6) is 0 Å². The summed E-state index contributed by atoms with van der Waals surface area (Å²) in [4.78, 5) is 10.9. The van der Waals surface area contributed by atoms with Gasteiger partial charge in [0.25, 0.3) is 0 Å². The van der Waals surface area contributed by atoms with Crippen LogP contribution in [0.15, 0.2) is 67.3 Å². The maximum Gasteiger partial charge on any atom is 0.140 e. The van der Waals surface area contributed by atoms with Crippen LogP contribution in [0, 0.1) is 23.7 Å².